The van der Waals surface area contributed by atoms with Crippen LogP contribution in [0, 0.1) is 0 Å². The quantitative estimate of drug-likeness (QED) is 0.107. The fraction of sp³-hybridized carbons (Fsp3) is 0.351. The molecule has 3 nitrogen and oxygen atoms in total. The first-order chi connectivity index (χ1) is 19.9. The van der Waals surface area contributed by atoms with Crippen molar-refractivity contribution in [3.05, 3.63) is 121 Å². The Morgan fingerprint density at radius 1 is 0.659 bits per heavy atom. The van der Waals surface area contributed by atoms with Gasteiger partial charge in [-0.1, -0.05) is 131 Å². The van der Waals surface area contributed by atoms with Crippen LogP contribution in [-0.2, 0) is 11.0 Å². The molecule has 0 bridgehead atoms. The Hall–Kier alpha value is -3.34. The van der Waals surface area contributed by atoms with E-state index >= 15 is 0 Å². The van der Waals surface area contributed by atoms with Gasteiger partial charge >= 0.3 is 0 Å². The van der Waals surface area contributed by atoms with Gasteiger partial charge in [-0.05, 0) is 52.4 Å². The Bertz CT molecular complexity index is 1250. The SMILES string of the molecule is CCCCN(CCCCO[Si](c1ccccc1)(c1ccccc1)C(C)(C)C)c1cccc(OCc2ccccc2)c1. The van der Waals surface area contributed by atoms with Gasteiger partial charge in [-0.2, -0.15) is 0 Å². The van der Waals surface area contributed by atoms with E-state index in [9.17, 15) is 0 Å². The summed E-state index contributed by atoms with van der Waals surface area (Å²) >= 11 is 0. The number of ether oxygens (including phenoxy) is 1. The molecule has 0 saturated carbocycles. The van der Waals surface area contributed by atoms with Gasteiger partial charge in [0.05, 0.1) is 0 Å². The summed E-state index contributed by atoms with van der Waals surface area (Å²) in [6.07, 6.45) is 4.46. The summed E-state index contributed by atoms with van der Waals surface area (Å²) in [4.78, 5) is 2.52. The summed E-state index contributed by atoms with van der Waals surface area (Å²) in [6.45, 7) is 12.7. The normalized spacial score (nSPS) is 11.8. The van der Waals surface area contributed by atoms with Crippen LogP contribution in [0.1, 0.15) is 58.9 Å². The third-order valence-electron chi connectivity index (χ3n) is 7.77. The third kappa shape index (κ3) is 8.12. The van der Waals surface area contributed by atoms with Crippen LogP contribution >= 0.6 is 0 Å². The van der Waals surface area contributed by atoms with Crippen LogP contribution in [0.2, 0.25) is 5.04 Å². The van der Waals surface area contributed by atoms with Gasteiger partial charge in [-0.3, -0.25) is 0 Å². The fourth-order valence-corrected chi connectivity index (χ4v) is 10.2. The van der Waals surface area contributed by atoms with Crippen LogP contribution in [0.5, 0.6) is 5.75 Å². The van der Waals surface area contributed by atoms with Crippen molar-refractivity contribution < 1.29 is 9.16 Å². The molecule has 0 aliphatic heterocycles. The van der Waals surface area contributed by atoms with Gasteiger partial charge in [0.15, 0.2) is 0 Å². The van der Waals surface area contributed by atoms with Gasteiger partial charge in [-0.15, -0.1) is 0 Å². The molecule has 216 valence electrons. The van der Waals surface area contributed by atoms with Crippen LogP contribution in [0.15, 0.2) is 115 Å². The Kier molecular flexibility index (Phi) is 11.2. The van der Waals surface area contributed by atoms with Crippen molar-refractivity contribution in [3.8, 4) is 5.75 Å². The maximum atomic E-state index is 7.13. The van der Waals surface area contributed by atoms with Crippen molar-refractivity contribution in [2.24, 2.45) is 0 Å². The van der Waals surface area contributed by atoms with E-state index in [4.69, 9.17) is 9.16 Å². The summed E-state index contributed by atoms with van der Waals surface area (Å²) in [5.41, 5.74) is 2.42. The third-order valence-corrected chi connectivity index (χ3v) is 12.8. The molecule has 0 unspecified atom stereocenters. The van der Waals surface area contributed by atoms with Gasteiger partial charge in [0.25, 0.3) is 8.32 Å². The highest BCUT2D eigenvalue weighted by atomic mass is 28.4. The van der Waals surface area contributed by atoms with Crippen molar-refractivity contribution in [1.82, 2.24) is 0 Å². The number of unbranched alkanes of at least 4 members (excludes halogenated alkanes) is 2. The fourth-order valence-electron chi connectivity index (χ4n) is 5.62. The van der Waals surface area contributed by atoms with Gasteiger partial charge in [-0.25, -0.2) is 0 Å². The Labute approximate surface area is 249 Å². The molecule has 0 N–H and O–H groups in total. The second-order valence-corrected chi connectivity index (χ2v) is 16.1. The van der Waals surface area contributed by atoms with E-state index in [1.54, 1.807) is 0 Å². The van der Waals surface area contributed by atoms with Crippen LogP contribution in [0.4, 0.5) is 5.69 Å². The van der Waals surface area contributed by atoms with Crippen LogP contribution in [0.25, 0.3) is 0 Å². The molecule has 4 heteroatoms. The van der Waals surface area contributed by atoms with E-state index in [-0.39, 0.29) is 5.04 Å². The lowest BCUT2D eigenvalue weighted by Crippen LogP contribution is -2.66. The molecule has 4 rings (SSSR count). The van der Waals surface area contributed by atoms with Crippen LogP contribution in [-0.4, -0.2) is 28.0 Å². The second-order valence-electron chi connectivity index (χ2n) is 11.8. The van der Waals surface area contributed by atoms with E-state index in [2.05, 4.69) is 142 Å². The van der Waals surface area contributed by atoms with Crippen molar-refractivity contribution in [1.29, 1.82) is 0 Å². The number of hydrogen-bond donors (Lipinski definition) is 0. The standard InChI is InChI=1S/C37H47NO2Si/c1-5-6-27-38(33-21-18-22-34(30-33)39-31-32-19-10-7-11-20-32)28-16-17-29-40-41(37(2,3)4,35-23-12-8-13-24-35)36-25-14-9-15-26-36/h7-15,18-26,30H,5-6,16-17,27-29,31H2,1-4H3. The van der Waals surface area contributed by atoms with Crippen LogP contribution in [0.3, 0.4) is 0 Å². The Balaban J connectivity index is 1.42. The highest BCUT2D eigenvalue weighted by molar-refractivity contribution is 6.99. The van der Waals surface area contributed by atoms with Crippen molar-refractivity contribution in [2.75, 3.05) is 24.6 Å². The van der Waals surface area contributed by atoms with Gasteiger partial charge < -0.3 is 14.1 Å². The lowest BCUT2D eigenvalue weighted by atomic mass is 10.2. The molecular formula is C37H47NO2Si. The summed E-state index contributed by atoms with van der Waals surface area (Å²) in [6, 6.07) is 40.8. The molecule has 0 aliphatic rings. The van der Waals surface area contributed by atoms with Gasteiger partial charge in [0, 0.05) is 31.5 Å². The highest BCUT2D eigenvalue weighted by Gasteiger charge is 2.49. The molecule has 0 heterocycles. The summed E-state index contributed by atoms with van der Waals surface area (Å²) in [7, 11) is -2.49. The zero-order valence-electron chi connectivity index (χ0n) is 25.4. The van der Waals surface area contributed by atoms with Crippen molar-refractivity contribution >= 4 is 24.4 Å². The predicted octanol–water partition coefficient (Wildman–Crippen LogP) is 8.23. The first kappa shape index (κ1) is 30.6. The molecule has 0 radical (unpaired) electrons. The van der Waals surface area contributed by atoms with E-state index in [1.165, 1.54) is 34.5 Å². The van der Waals surface area contributed by atoms with E-state index < -0.39 is 8.32 Å². The average molecular weight is 566 g/mol. The maximum absolute atomic E-state index is 7.13. The monoisotopic (exact) mass is 565 g/mol. The van der Waals surface area contributed by atoms with E-state index in [1.807, 2.05) is 6.07 Å². The minimum Gasteiger partial charge on any atom is -0.489 e. The van der Waals surface area contributed by atoms with Gasteiger partial charge in [0.1, 0.15) is 12.4 Å². The second kappa shape index (κ2) is 15.0. The Morgan fingerprint density at radius 3 is 1.83 bits per heavy atom. The number of benzene rings is 4. The first-order valence-electron chi connectivity index (χ1n) is 15.2. The molecule has 4 aromatic carbocycles. The maximum Gasteiger partial charge on any atom is 0.261 e. The van der Waals surface area contributed by atoms with Crippen molar-refractivity contribution in [3.63, 3.8) is 0 Å². The lowest BCUT2D eigenvalue weighted by molar-refractivity contribution is 0.288. The number of hydrogen-bond acceptors (Lipinski definition) is 3. The molecule has 0 atom stereocenters. The molecule has 0 amide bonds. The molecule has 0 aliphatic carbocycles. The lowest BCUT2D eigenvalue weighted by Gasteiger charge is -2.43. The largest absolute Gasteiger partial charge is 0.489 e. The molecule has 0 fully saturated rings. The number of nitrogens with zero attached hydrogens (tertiary/aromatic N) is 1. The first-order valence-corrected chi connectivity index (χ1v) is 17.1. The average Bonchev–Trinajstić information content (AvgIpc) is 3.00. The zero-order chi connectivity index (χ0) is 29.0. The van der Waals surface area contributed by atoms with Crippen molar-refractivity contribution in [2.45, 2.75) is 65.0 Å². The summed E-state index contributed by atoms with van der Waals surface area (Å²) in [5.74, 6) is 0.919. The molecule has 4 aromatic rings. The smallest absolute Gasteiger partial charge is 0.261 e. The minimum absolute atomic E-state index is 0.00303. The molecule has 41 heavy (non-hydrogen) atoms. The zero-order valence-corrected chi connectivity index (χ0v) is 26.4. The molecule has 0 aromatic heterocycles. The minimum atomic E-state index is -2.49. The van der Waals surface area contributed by atoms with E-state index in [0.29, 0.717) is 6.61 Å². The summed E-state index contributed by atoms with van der Waals surface area (Å²) in [5, 5.41) is 2.69. The number of anilines is 1. The Morgan fingerprint density at radius 2 is 1.24 bits per heavy atom. The van der Waals surface area contributed by atoms with Crippen LogP contribution < -0.4 is 20.0 Å². The molecule has 0 spiro atoms. The number of rotatable bonds is 15. The summed E-state index contributed by atoms with van der Waals surface area (Å²) < 4.78 is 13.3. The van der Waals surface area contributed by atoms with Gasteiger partial charge in [0.2, 0.25) is 0 Å². The highest BCUT2D eigenvalue weighted by Crippen LogP contribution is 2.37. The topological polar surface area (TPSA) is 21.7 Å². The molecular weight excluding hydrogens is 518 g/mol. The molecule has 0 saturated heterocycles. The predicted molar refractivity (Wildman–Crippen MR) is 177 cm³/mol. The van der Waals surface area contributed by atoms with E-state index in [0.717, 1.165) is 38.3 Å².